The number of nitrogens with zero attached hydrogens (tertiary/aromatic N) is 1. The minimum Gasteiger partial charge on any atom is -0.453 e. The molecule has 1 saturated carbocycles. The number of ether oxygens (including phenoxy) is 1. The Bertz CT molecular complexity index is 801. The maximum atomic E-state index is 12.3. The van der Waals surface area contributed by atoms with Crippen molar-refractivity contribution in [1.82, 2.24) is 4.31 Å². The Hall–Kier alpha value is -1.93. The second kappa shape index (κ2) is 10.7. The molecule has 2 rings (SSSR count). The van der Waals surface area contributed by atoms with Crippen LogP contribution in [0.5, 0.6) is 0 Å². The molecule has 0 radical (unpaired) electrons. The van der Waals surface area contributed by atoms with E-state index in [9.17, 15) is 18.0 Å². The second-order valence-electron chi connectivity index (χ2n) is 7.83. The molecule has 1 aliphatic carbocycles. The van der Waals surface area contributed by atoms with E-state index in [0.717, 1.165) is 17.1 Å². The highest BCUT2D eigenvalue weighted by molar-refractivity contribution is 7.89. The molecule has 0 spiro atoms. The van der Waals surface area contributed by atoms with Gasteiger partial charge in [0.25, 0.3) is 5.91 Å². The first-order chi connectivity index (χ1) is 13.7. The SMILES string of the molecule is C[C@H](OC(=O)CCCC1CCCCC1)C(=O)Nc1cccc(S(=O)(=O)N(C)C)c1. The normalized spacial score (nSPS) is 16.4. The van der Waals surface area contributed by atoms with Crippen LogP contribution in [0.4, 0.5) is 5.69 Å². The number of esters is 1. The van der Waals surface area contributed by atoms with Gasteiger partial charge in [-0.25, -0.2) is 12.7 Å². The molecule has 8 heteroatoms. The van der Waals surface area contributed by atoms with Crippen molar-refractivity contribution >= 4 is 27.6 Å². The lowest BCUT2D eigenvalue weighted by atomic mass is 9.86. The van der Waals surface area contributed by atoms with E-state index in [2.05, 4.69) is 5.32 Å². The molecule has 7 nitrogen and oxygen atoms in total. The zero-order valence-electron chi connectivity index (χ0n) is 17.5. The largest absolute Gasteiger partial charge is 0.453 e. The predicted molar refractivity (Wildman–Crippen MR) is 112 cm³/mol. The number of amides is 1. The van der Waals surface area contributed by atoms with E-state index in [4.69, 9.17) is 4.74 Å². The molecule has 29 heavy (non-hydrogen) atoms. The number of hydrogen-bond donors (Lipinski definition) is 1. The van der Waals surface area contributed by atoms with Gasteiger partial charge in [0.15, 0.2) is 6.10 Å². The number of sulfonamides is 1. The van der Waals surface area contributed by atoms with Crippen molar-refractivity contribution in [2.75, 3.05) is 19.4 Å². The van der Waals surface area contributed by atoms with Gasteiger partial charge in [-0.3, -0.25) is 9.59 Å². The van der Waals surface area contributed by atoms with Gasteiger partial charge >= 0.3 is 5.97 Å². The zero-order valence-corrected chi connectivity index (χ0v) is 18.3. The molecule has 162 valence electrons. The molecule has 1 atom stereocenters. The number of rotatable bonds is 9. The molecule has 1 aromatic rings. The van der Waals surface area contributed by atoms with Crippen molar-refractivity contribution in [2.45, 2.75) is 69.3 Å². The first kappa shape index (κ1) is 23.3. The molecule has 0 heterocycles. The van der Waals surface area contributed by atoms with Crippen LogP contribution >= 0.6 is 0 Å². The Balaban J connectivity index is 1.81. The molecule has 1 aromatic carbocycles. The molecule has 1 aliphatic rings. The number of benzene rings is 1. The summed E-state index contributed by atoms with van der Waals surface area (Å²) in [6.07, 6.45) is 7.54. The third kappa shape index (κ3) is 7.12. The molecular formula is C21H32N2O5S. The number of nitrogens with one attached hydrogen (secondary N) is 1. The highest BCUT2D eigenvalue weighted by Crippen LogP contribution is 2.27. The lowest BCUT2D eigenvalue weighted by Gasteiger charge is -2.21. The molecule has 1 amide bonds. The Morgan fingerprint density at radius 1 is 1.21 bits per heavy atom. The summed E-state index contributed by atoms with van der Waals surface area (Å²) in [5, 5.41) is 2.61. The van der Waals surface area contributed by atoms with Crippen molar-refractivity contribution < 1.29 is 22.7 Å². The molecule has 0 unspecified atom stereocenters. The molecular weight excluding hydrogens is 392 g/mol. The van der Waals surface area contributed by atoms with Gasteiger partial charge in [0, 0.05) is 26.2 Å². The number of hydrogen-bond acceptors (Lipinski definition) is 5. The van der Waals surface area contributed by atoms with E-state index >= 15 is 0 Å². The average Bonchev–Trinajstić information content (AvgIpc) is 2.68. The number of anilines is 1. The minimum atomic E-state index is -3.60. The van der Waals surface area contributed by atoms with Crippen LogP contribution in [0.1, 0.15) is 58.3 Å². The van der Waals surface area contributed by atoms with Crippen molar-refractivity contribution in [2.24, 2.45) is 5.92 Å². The predicted octanol–water partition coefficient (Wildman–Crippen LogP) is 3.56. The highest BCUT2D eigenvalue weighted by atomic mass is 32.2. The molecule has 0 bridgehead atoms. The van der Waals surface area contributed by atoms with Crippen LogP contribution < -0.4 is 5.32 Å². The second-order valence-corrected chi connectivity index (χ2v) is 9.98. The van der Waals surface area contributed by atoms with Crippen molar-refractivity contribution in [3.05, 3.63) is 24.3 Å². The summed E-state index contributed by atoms with van der Waals surface area (Å²) < 4.78 is 30.8. The quantitative estimate of drug-likeness (QED) is 0.612. The molecule has 0 aromatic heterocycles. The van der Waals surface area contributed by atoms with E-state index in [1.165, 1.54) is 65.3 Å². The fraction of sp³-hybridized carbons (Fsp3) is 0.619. The maximum Gasteiger partial charge on any atom is 0.306 e. The van der Waals surface area contributed by atoms with Gasteiger partial charge in [0.1, 0.15) is 0 Å². The maximum absolute atomic E-state index is 12.3. The summed E-state index contributed by atoms with van der Waals surface area (Å²) in [7, 11) is -0.716. The van der Waals surface area contributed by atoms with Gasteiger partial charge < -0.3 is 10.1 Å². The van der Waals surface area contributed by atoms with Gasteiger partial charge in [-0.15, -0.1) is 0 Å². The minimum absolute atomic E-state index is 0.0765. The van der Waals surface area contributed by atoms with Crippen LogP contribution in [-0.4, -0.2) is 44.8 Å². The first-order valence-corrected chi connectivity index (χ1v) is 11.7. The number of carbonyl (C=O) groups is 2. The third-order valence-electron chi connectivity index (χ3n) is 5.28. The monoisotopic (exact) mass is 424 g/mol. The van der Waals surface area contributed by atoms with Crippen molar-refractivity contribution in [1.29, 1.82) is 0 Å². The summed E-state index contributed by atoms with van der Waals surface area (Å²) in [5.74, 6) is -0.166. The van der Waals surface area contributed by atoms with E-state index in [-0.39, 0.29) is 10.9 Å². The Kier molecular flexibility index (Phi) is 8.64. The summed E-state index contributed by atoms with van der Waals surface area (Å²) in [5.41, 5.74) is 0.332. The summed E-state index contributed by atoms with van der Waals surface area (Å²) >= 11 is 0. The van der Waals surface area contributed by atoms with Gasteiger partial charge in [0.05, 0.1) is 4.90 Å². The van der Waals surface area contributed by atoms with Crippen LogP contribution in [-0.2, 0) is 24.3 Å². The van der Waals surface area contributed by atoms with Gasteiger partial charge in [-0.1, -0.05) is 38.2 Å². The Morgan fingerprint density at radius 3 is 2.55 bits per heavy atom. The van der Waals surface area contributed by atoms with Crippen molar-refractivity contribution in [3.63, 3.8) is 0 Å². The molecule has 1 N–H and O–H groups in total. The van der Waals surface area contributed by atoms with E-state index in [1.54, 1.807) is 12.1 Å². The number of carbonyl (C=O) groups excluding carboxylic acids is 2. The van der Waals surface area contributed by atoms with Crippen LogP contribution in [0.25, 0.3) is 0 Å². The zero-order chi connectivity index (χ0) is 21.4. The van der Waals surface area contributed by atoms with Crippen LogP contribution in [0.3, 0.4) is 0 Å². The van der Waals surface area contributed by atoms with Crippen LogP contribution in [0, 0.1) is 5.92 Å². The summed E-state index contributed by atoms with van der Waals surface area (Å²) in [6.45, 7) is 1.51. The first-order valence-electron chi connectivity index (χ1n) is 10.2. The van der Waals surface area contributed by atoms with E-state index < -0.39 is 22.0 Å². The lowest BCUT2D eigenvalue weighted by molar-refractivity contribution is -0.153. The van der Waals surface area contributed by atoms with Crippen LogP contribution in [0.15, 0.2) is 29.2 Å². The van der Waals surface area contributed by atoms with Crippen LogP contribution in [0.2, 0.25) is 0 Å². The highest BCUT2D eigenvalue weighted by Gasteiger charge is 2.21. The van der Waals surface area contributed by atoms with E-state index in [1.807, 2.05) is 0 Å². The average molecular weight is 425 g/mol. The lowest BCUT2D eigenvalue weighted by Crippen LogP contribution is -2.30. The molecule has 1 fully saturated rings. The standard InChI is InChI=1S/C21H32N2O5S/c1-16(28-20(24)14-7-11-17-9-5-4-6-10-17)21(25)22-18-12-8-13-19(15-18)29(26,27)23(2)3/h8,12-13,15-17H,4-7,9-11,14H2,1-3H3,(H,22,25)/t16-/m0/s1. The van der Waals surface area contributed by atoms with Gasteiger partial charge in [-0.05, 0) is 43.9 Å². The van der Waals surface area contributed by atoms with E-state index in [0.29, 0.717) is 18.0 Å². The molecule has 0 saturated heterocycles. The Morgan fingerprint density at radius 2 is 1.90 bits per heavy atom. The van der Waals surface area contributed by atoms with Crippen molar-refractivity contribution in [3.8, 4) is 0 Å². The van der Waals surface area contributed by atoms with Gasteiger partial charge in [0.2, 0.25) is 10.0 Å². The smallest absolute Gasteiger partial charge is 0.306 e. The van der Waals surface area contributed by atoms with Gasteiger partial charge in [-0.2, -0.15) is 0 Å². The summed E-state index contributed by atoms with van der Waals surface area (Å²) in [6, 6.07) is 5.98. The summed E-state index contributed by atoms with van der Waals surface area (Å²) in [4.78, 5) is 24.4. The molecule has 0 aliphatic heterocycles. The third-order valence-corrected chi connectivity index (χ3v) is 7.09. The fourth-order valence-electron chi connectivity index (χ4n) is 3.51. The fourth-order valence-corrected chi connectivity index (χ4v) is 4.46. The Labute approximate surface area is 173 Å². The topological polar surface area (TPSA) is 92.8 Å².